The first-order valence-corrected chi connectivity index (χ1v) is 6.46. The van der Waals surface area contributed by atoms with Gasteiger partial charge in [0.25, 0.3) is 5.91 Å². The van der Waals surface area contributed by atoms with E-state index in [1.165, 1.54) is 11.3 Å². The molecule has 0 saturated carbocycles. The molecule has 2 rings (SSSR count). The fourth-order valence-corrected chi connectivity index (χ4v) is 2.21. The molecule has 1 unspecified atom stereocenters. The fourth-order valence-electron chi connectivity index (χ4n) is 1.46. The molecule has 0 spiro atoms. The van der Waals surface area contributed by atoms with Crippen molar-refractivity contribution in [1.29, 1.82) is 5.26 Å². The van der Waals surface area contributed by atoms with Gasteiger partial charge in [-0.3, -0.25) is 4.79 Å². The number of carbonyl (C=O) groups excluding carboxylic acids is 1. The van der Waals surface area contributed by atoms with Crippen LogP contribution in [0.4, 0.5) is 0 Å². The maximum absolute atomic E-state index is 11.8. The van der Waals surface area contributed by atoms with Crippen LogP contribution in [0, 0.1) is 11.3 Å². The normalized spacial score (nSPS) is 11.6. The number of nitrogens with zero attached hydrogens (tertiary/aromatic N) is 1. The molecule has 1 amide bonds. The largest absolute Gasteiger partial charge is 0.332 e. The number of rotatable bonds is 3. The number of hydrogen-bond acceptors (Lipinski definition) is 3. The Kier molecular flexibility index (Phi) is 3.98. The monoisotopic (exact) mass is 276 g/mol. The predicted octanol–water partition coefficient (Wildman–Crippen LogP) is 3.40. The molecule has 1 aromatic heterocycles. The number of carbonyl (C=O) groups is 1. The van der Waals surface area contributed by atoms with Crippen molar-refractivity contribution in [1.82, 2.24) is 5.32 Å². The standard InChI is InChI=1S/C13H9ClN2OS/c14-10-5-3-9(4-6-10)11(8-15)16-13(17)12-2-1-7-18-12/h1-7,11H,(H,16,17). The lowest BCUT2D eigenvalue weighted by Crippen LogP contribution is -2.26. The molecule has 0 saturated heterocycles. The van der Waals surface area contributed by atoms with Crippen LogP contribution in [0.1, 0.15) is 21.3 Å². The van der Waals surface area contributed by atoms with Crippen LogP contribution >= 0.6 is 22.9 Å². The van der Waals surface area contributed by atoms with Gasteiger partial charge in [-0.1, -0.05) is 29.8 Å². The molecule has 1 N–H and O–H groups in total. The Morgan fingerprint density at radius 2 is 2.06 bits per heavy atom. The minimum absolute atomic E-state index is 0.244. The molecule has 3 nitrogen and oxygen atoms in total. The fraction of sp³-hybridized carbons (Fsp3) is 0.0769. The zero-order chi connectivity index (χ0) is 13.0. The highest BCUT2D eigenvalue weighted by molar-refractivity contribution is 7.12. The van der Waals surface area contributed by atoms with Crippen molar-refractivity contribution in [2.24, 2.45) is 0 Å². The van der Waals surface area contributed by atoms with Gasteiger partial charge in [0.2, 0.25) is 0 Å². The van der Waals surface area contributed by atoms with Gasteiger partial charge in [-0.2, -0.15) is 5.26 Å². The van der Waals surface area contributed by atoms with Gasteiger partial charge >= 0.3 is 0 Å². The Balaban J connectivity index is 2.13. The first-order valence-electron chi connectivity index (χ1n) is 5.20. The zero-order valence-electron chi connectivity index (χ0n) is 9.26. The smallest absolute Gasteiger partial charge is 0.262 e. The van der Waals surface area contributed by atoms with Crippen molar-refractivity contribution in [3.05, 3.63) is 57.2 Å². The summed E-state index contributed by atoms with van der Waals surface area (Å²) in [5, 5.41) is 14.2. The van der Waals surface area contributed by atoms with E-state index in [1.54, 1.807) is 36.4 Å². The highest BCUT2D eigenvalue weighted by Gasteiger charge is 2.15. The third kappa shape index (κ3) is 2.89. The topological polar surface area (TPSA) is 52.9 Å². The van der Waals surface area contributed by atoms with E-state index in [4.69, 9.17) is 16.9 Å². The SMILES string of the molecule is N#CC(NC(=O)c1cccs1)c1ccc(Cl)cc1. The van der Waals surface area contributed by atoms with Crippen molar-refractivity contribution in [2.75, 3.05) is 0 Å². The average molecular weight is 277 g/mol. The van der Waals surface area contributed by atoms with E-state index < -0.39 is 6.04 Å². The first kappa shape index (κ1) is 12.6. The number of hydrogen-bond donors (Lipinski definition) is 1. The Hall–Kier alpha value is -1.83. The molecule has 1 atom stereocenters. The summed E-state index contributed by atoms with van der Waals surface area (Å²) in [6.07, 6.45) is 0. The number of thiophene rings is 1. The minimum Gasteiger partial charge on any atom is -0.332 e. The van der Waals surface area contributed by atoms with Crippen LogP contribution in [0.5, 0.6) is 0 Å². The van der Waals surface area contributed by atoms with Gasteiger partial charge < -0.3 is 5.32 Å². The molecule has 0 aliphatic heterocycles. The molecule has 1 heterocycles. The summed E-state index contributed by atoms with van der Waals surface area (Å²) in [7, 11) is 0. The van der Waals surface area contributed by atoms with Gasteiger partial charge in [0, 0.05) is 5.02 Å². The van der Waals surface area contributed by atoms with E-state index in [0.29, 0.717) is 15.5 Å². The highest BCUT2D eigenvalue weighted by Crippen LogP contribution is 2.17. The Morgan fingerprint density at radius 1 is 1.33 bits per heavy atom. The Bertz CT molecular complexity index is 572. The summed E-state index contributed by atoms with van der Waals surface area (Å²) in [6.45, 7) is 0. The van der Waals surface area contributed by atoms with E-state index in [-0.39, 0.29) is 5.91 Å². The third-order valence-electron chi connectivity index (χ3n) is 2.35. The molecular weight excluding hydrogens is 268 g/mol. The molecule has 18 heavy (non-hydrogen) atoms. The summed E-state index contributed by atoms with van der Waals surface area (Å²) in [4.78, 5) is 12.4. The van der Waals surface area contributed by atoms with Gasteiger partial charge in [0.05, 0.1) is 10.9 Å². The van der Waals surface area contributed by atoms with Crippen molar-refractivity contribution in [3.63, 3.8) is 0 Å². The lowest BCUT2D eigenvalue weighted by Gasteiger charge is -2.11. The first-order chi connectivity index (χ1) is 8.70. The van der Waals surface area contributed by atoms with Crippen LogP contribution in [0.2, 0.25) is 5.02 Å². The number of amides is 1. The van der Waals surface area contributed by atoms with E-state index in [1.807, 2.05) is 5.38 Å². The van der Waals surface area contributed by atoms with E-state index in [0.717, 1.165) is 0 Å². The summed E-state index contributed by atoms with van der Waals surface area (Å²) in [6, 6.07) is 11.7. The number of nitriles is 1. The van der Waals surface area contributed by atoms with Crippen molar-refractivity contribution in [3.8, 4) is 6.07 Å². The second kappa shape index (κ2) is 5.67. The molecule has 2 aromatic rings. The van der Waals surface area contributed by atoms with Crippen LogP contribution < -0.4 is 5.32 Å². The molecular formula is C13H9ClN2OS. The quantitative estimate of drug-likeness (QED) is 0.934. The van der Waals surface area contributed by atoms with Crippen LogP contribution in [0.15, 0.2) is 41.8 Å². The van der Waals surface area contributed by atoms with Gasteiger partial charge in [0.1, 0.15) is 6.04 Å². The van der Waals surface area contributed by atoms with E-state index in [9.17, 15) is 4.79 Å². The zero-order valence-corrected chi connectivity index (χ0v) is 10.8. The molecule has 0 aliphatic carbocycles. The summed E-state index contributed by atoms with van der Waals surface area (Å²) in [5.41, 5.74) is 0.715. The molecule has 0 bridgehead atoms. The van der Waals surface area contributed by atoms with Crippen molar-refractivity contribution < 1.29 is 4.79 Å². The van der Waals surface area contributed by atoms with Gasteiger partial charge in [-0.05, 0) is 29.1 Å². The predicted molar refractivity (Wildman–Crippen MR) is 71.6 cm³/mol. The second-order valence-electron chi connectivity index (χ2n) is 3.56. The summed E-state index contributed by atoms with van der Waals surface area (Å²) in [5.74, 6) is -0.244. The van der Waals surface area contributed by atoms with Gasteiger partial charge in [0.15, 0.2) is 0 Å². The van der Waals surface area contributed by atoms with Crippen molar-refractivity contribution in [2.45, 2.75) is 6.04 Å². The van der Waals surface area contributed by atoms with Crippen molar-refractivity contribution >= 4 is 28.8 Å². The van der Waals surface area contributed by atoms with E-state index in [2.05, 4.69) is 11.4 Å². The second-order valence-corrected chi connectivity index (χ2v) is 4.95. The van der Waals surface area contributed by atoms with Crippen LogP contribution in [0.25, 0.3) is 0 Å². The maximum atomic E-state index is 11.8. The molecule has 90 valence electrons. The lowest BCUT2D eigenvalue weighted by molar-refractivity contribution is 0.0949. The van der Waals surface area contributed by atoms with Crippen LogP contribution in [-0.2, 0) is 0 Å². The number of halogens is 1. The molecule has 0 fully saturated rings. The van der Waals surface area contributed by atoms with Gasteiger partial charge in [-0.15, -0.1) is 11.3 Å². The minimum atomic E-state index is -0.670. The molecule has 1 aromatic carbocycles. The molecule has 5 heteroatoms. The van der Waals surface area contributed by atoms with Crippen LogP contribution in [-0.4, -0.2) is 5.91 Å². The Morgan fingerprint density at radius 3 is 2.61 bits per heavy atom. The number of nitrogens with one attached hydrogen (secondary N) is 1. The molecule has 0 radical (unpaired) electrons. The average Bonchev–Trinajstić information content (AvgIpc) is 2.91. The highest BCUT2D eigenvalue weighted by atomic mass is 35.5. The Labute approximate surface area is 114 Å². The molecule has 0 aliphatic rings. The third-order valence-corrected chi connectivity index (χ3v) is 3.47. The summed E-state index contributed by atoms with van der Waals surface area (Å²) < 4.78 is 0. The maximum Gasteiger partial charge on any atom is 0.262 e. The van der Waals surface area contributed by atoms with E-state index >= 15 is 0 Å². The lowest BCUT2D eigenvalue weighted by atomic mass is 10.1. The van der Waals surface area contributed by atoms with Crippen LogP contribution in [0.3, 0.4) is 0 Å². The summed E-state index contributed by atoms with van der Waals surface area (Å²) >= 11 is 7.12. The number of benzene rings is 1. The van der Waals surface area contributed by atoms with Gasteiger partial charge in [-0.25, -0.2) is 0 Å².